The van der Waals surface area contributed by atoms with E-state index in [2.05, 4.69) is 16.9 Å². The predicted molar refractivity (Wildman–Crippen MR) is 102 cm³/mol. The average molecular weight is 384 g/mol. The molecule has 0 N–H and O–H groups in total. The number of rotatable bonds is 6. The van der Waals surface area contributed by atoms with Crippen molar-refractivity contribution in [1.82, 2.24) is 14.7 Å². The van der Waals surface area contributed by atoms with Crippen LogP contribution in [0.25, 0.3) is 0 Å². The van der Waals surface area contributed by atoms with Crippen LogP contribution in [0.1, 0.15) is 66.1 Å². The highest BCUT2D eigenvalue weighted by Gasteiger charge is 2.49. The minimum atomic E-state index is -0.201. The van der Waals surface area contributed by atoms with Crippen molar-refractivity contribution < 1.29 is 9.59 Å². The number of nitrogens with zero attached hydrogens (tertiary/aromatic N) is 3. The van der Waals surface area contributed by atoms with Crippen molar-refractivity contribution in [2.45, 2.75) is 55.9 Å². The first-order chi connectivity index (χ1) is 12.0. The molecule has 2 aliphatic carbocycles. The summed E-state index contributed by atoms with van der Waals surface area (Å²) >= 11 is 7.74. The fourth-order valence-corrected chi connectivity index (χ4v) is 5.12. The molecule has 0 spiro atoms. The van der Waals surface area contributed by atoms with E-state index in [4.69, 9.17) is 11.6 Å². The molecule has 25 heavy (non-hydrogen) atoms. The number of ketones is 1. The number of hydrogen-bond acceptors (Lipinski definition) is 4. The van der Waals surface area contributed by atoms with Crippen molar-refractivity contribution in [3.8, 4) is 0 Å². The Kier molecular flexibility index (Phi) is 5.49. The number of aromatic nitrogens is 2. The van der Waals surface area contributed by atoms with Crippen molar-refractivity contribution >= 4 is 35.1 Å². The summed E-state index contributed by atoms with van der Waals surface area (Å²) in [6, 6.07) is 0. The number of carbonyl (C=O) groups is 2. The van der Waals surface area contributed by atoms with E-state index in [0.29, 0.717) is 29.1 Å². The van der Waals surface area contributed by atoms with Gasteiger partial charge in [-0.3, -0.25) is 14.3 Å². The van der Waals surface area contributed by atoms with Crippen molar-refractivity contribution in [1.29, 1.82) is 0 Å². The van der Waals surface area contributed by atoms with Crippen LogP contribution >= 0.6 is 23.4 Å². The Morgan fingerprint density at radius 1 is 1.36 bits per heavy atom. The Balaban J connectivity index is 0.000000880. The fourth-order valence-electron chi connectivity index (χ4n) is 3.35. The van der Waals surface area contributed by atoms with E-state index in [1.807, 2.05) is 18.7 Å². The molecule has 1 amide bonds. The second-order valence-electron chi connectivity index (χ2n) is 6.83. The van der Waals surface area contributed by atoms with Crippen LogP contribution in [0.4, 0.5) is 0 Å². The molecule has 0 unspecified atom stereocenters. The minimum absolute atomic E-state index is 0.0116. The Hall–Kier alpha value is -1.01. The lowest BCUT2D eigenvalue weighted by Crippen LogP contribution is -2.43. The highest BCUT2D eigenvalue weighted by Crippen LogP contribution is 2.55. The van der Waals surface area contributed by atoms with Crippen molar-refractivity contribution in [2.24, 2.45) is 7.05 Å². The molecule has 0 atom stereocenters. The van der Waals surface area contributed by atoms with E-state index in [1.165, 1.54) is 25.7 Å². The summed E-state index contributed by atoms with van der Waals surface area (Å²) in [6.07, 6.45) is 5.78. The Labute approximate surface area is 158 Å². The largest absolute Gasteiger partial charge is 0.336 e. The molecule has 2 fully saturated rings. The number of halogens is 1. The zero-order valence-corrected chi connectivity index (χ0v) is 16.8. The summed E-state index contributed by atoms with van der Waals surface area (Å²) in [5.74, 6) is -0.284. The zero-order chi connectivity index (χ0) is 18.2. The molecule has 0 bridgehead atoms. The molecule has 138 valence electrons. The first kappa shape index (κ1) is 18.8. The van der Waals surface area contributed by atoms with Gasteiger partial charge in [0.15, 0.2) is 5.78 Å². The van der Waals surface area contributed by atoms with Gasteiger partial charge in [0.05, 0.1) is 5.88 Å². The molecule has 5 nitrogen and oxygen atoms in total. The lowest BCUT2D eigenvalue weighted by Gasteiger charge is -2.31. The third kappa shape index (κ3) is 3.75. The maximum absolute atomic E-state index is 12.9. The maximum atomic E-state index is 12.9. The first-order valence-corrected chi connectivity index (χ1v) is 10.6. The van der Waals surface area contributed by atoms with Gasteiger partial charge in [0.25, 0.3) is 5.91 Å². The van der Waals surface area contributed by atoms with E-state index in [1.54, 1.807) is 11.7 Å². The summed E-state index contributed by atoms with van der Waals surface area (Å²) in [6.45, 7) is 5.50. The molecular weight excluding hydrogens is 358 g/mol. The molecule has 1 aromatic heterocycles. The summed E-state index contributed by atoms with van der Waals surface area (Å²) in [7, 11) is 1.73. The summed E-state index contributed by atoms with van der Waals surface area (Å²) < 4.78 is 1.85. The van der Waals surface area contributed by atoms with Crippen molar-refractivity contribution in [3.63, 3.8) is 0 Å². The molecule has 2 heterocycles. The van der Waals surface area contributed by atoms with Crippen LogP contribution in [-0.2, 0) is 13.5 Å². The maximum Gasteiger partial charge on any atom is 0.272 e. The van der Waals surface area contributed by atoms with Gasteiger partial charge >= 0.3 is 0 Å². The normalized spacial score (nSPS) is 20.6. The Bertz CT molecular complexity index is 680. The van der Waals surface area contributed by atoms with E-state index in [-0.39, 0.29) is 17.6 Å². The van der Waals surface area contributed by atoms with Gasteiger partial charge in [-0.25, -0.2) is 0 Å². The molecular formula is C18H26ClN3O2S. The van der Waals surface area contributed by atoms with Gasteiger partial charge in [-0.2, -0.15) is 5.10 Å². The Morgan fingerprint density at radius 2 is 2.04 bits per heavy atom. The minimum Gasteiger partial charge on any atom is -0.336 e. The van der Waals surface area contributed by atoms with Crippen LogP contribution < -0.4 is 0 Å². The summed E-state index contributed by atoms with van der Waals surface area (Å²) in [5.41, 5.74) is 1.72. The SMILES string of the molecule is CC.Cn1nc(C(=O)CCl)c2c1C(=O)N(CC1(SC3CC3)CC1)CC2. The summed E-state index contributed by atoms with van der Waals surface area (Å²) in [5, 5.41) is 5.07. The van der Waals surface area contributed by atoms with Crippen molar-refractivity contribution in [2.75, 3.05) is 19.0 Å². The number of Topliss-reactive ketones (excluding diaryl/α,β-unsaturated/α-hetero) is 1. The monoisotopic (exact) mass is 383 g/mol. The molecule has 7 heteroatoms. The molecule has 3 aliphatic rings. The third-order valence-corrected chi connectivity index (χ3v) is 6.96. The number of amides is 1. The number of aryl methyl sites for hydroxylation is 1. The molecule has 2 saturated carbocycles. The van der Waals surface area contributed by atoms with Gasteiger partial charge < -0.3 is 4.90 Å². The lowest BCUT2D eigenvalue weighted by molar-refractivity contribution is 0.0725. The second-order valence-corrected chi connectivity index (χ2v) is 8.87. The van der Waals surface area contributed by atoms with Crippen LogP contribution in [0.3, 0.4) is 0 Å². The predicted octanol–water partition coefficient (Wildman–Crippen LogP) is 3.29. The summed E-state index contributed by atoms with van der Waals surface area (Å²) in [4.78, 5) is 26.8. The van der Waals surface area contributed by atoms with Gasteiger partial charge in [-0.05, 0) is 32.1 Å². The van der Waals surface area contributed by atoms with Gasteiger partial charge in [-0.1, -0.05) is 13.8 Å². The van der Waals surface area contributed by atoms with E-state index < -0.39 is 0 Å². The fraction of sp³-hybridized carbons (Fsp3) is 0.722. The second kappa shape index (κ2) is 7.31. The standard InChI is InChI=1S/C16H20ClN3O2S.C2H6/c1-19-14-11(13(18-19)12(21)8-17)4-7-20(15(14)22)9-16(5-6-16)23-10-2-3-10;1-2/h10H,2-9H2,1H3;1-2H3. The number of alkyl halides is 1. The number of hydrogen-bond donors (Lipinski definition) is 0. The first-order valence-electron chi connectivity index (χ1n) is 9.15. The molecule has 1 aromatic rings. The quantitative estimate of drug-likeness (QED) is 0.558. The number of fused-ring (bicyclic) bond motifs is 1. The van der Waals surface area contributed by atoms with Crippen LogP contribution in [0.5, 0.6) is 0 Å². The number of carbonyl (C=O) groups excluding carboxylic acids is 2. The van der Waals surface area contributed by atoms with Gasteiger partial charge in [-0.15, -0.1) is 23.4 Å². The van der Waals surface area contributed by atoms with Crippen LogP contribution in [0.2, 0.25) is 0 Å². The number of thioether (sulfide) groups is 1. The van der Waals surface area contributed by atoms with E-state index >= 15 is 0 Å². The molecule has 4 rings (SSSR count). The molecule has 0 aromatic carbocycles. The van der Waals surface area contributed by atoms with Crippen LogP contribution in [-0.4, -0.2) is 55.3 Å². The van der Waals surface area contributed by atoms with Gasteiger partial charge in [0.1, 0.15) is 11.4 Å². The molecule has 1 aliphatic heterocycles. The average Bonchev–Trinajstić information content (AvgIpc) is 3.54. The molecule has 0 saturated heterocycles. The van der Waals surface area contributed by atoms with Crippen molar-refractivity contribution in [3.05, 3.63) is 17.0 Å². The molecule has 0 radical (unpaired) electrons. The highest BCUT2D eigenvalue weighted by atomic mass is 35.5. The van der Waals surface area contributed by atoms with Gasteiger partial charge in [0, 0.05) is 35.7 Å². The lowest BCUT2D eigenvalue weighted by atomic mass is 10.0. The highest BCUT2D eigenvalue weighted by molar-refractivity contribution is 8.01. The topological polar surface area (TPSA) is 55.2 Å². The smallest absolute Gasteiger partial charge is 0.272 e. The Morgan fingerprint density at radius 3 is 2.60 bits per heavy atom. The van der Waals surface area contributed by atoms with Gasteiger partial charge in [0.2, 0.25) is 0 Å². The van der Waals surface area contributed by atoms with E-state index in [0.717, 1.165) is 17.4 Å². The third-order valence-electron chi connectivity index (χ3n) is 4.88. The van der Waals surface area contributed by atoms with Crippen LogP contribution in [0.15, 0.2) is 0 Å². The van der Waals surface area contributed by atoms with E-state index in [9.17, 15) is 9.59 Å². The zero-order valence-electron chi connectivity index (χ0n) is 15.2. The van der Waals surface area contributed by atoms with Crippen LogP contribution in [0, 0.1) is 0 Å².